The minimum atomic E-state index is -4.79. The molecule has 0 saturated carbocycles. The molecule has 86 valence electrons. The fraction of sp³-hybridized carbons (Fsp3) is 0.100. The van der Waals surface area contributed by atoms with E-state index in [0.717, 1.165) is 12.1 Å². The maximum absolute atomic E-state index is 12.8. The highest BCUT2D eigenvalue weighted by atomic mass is 19.4. The fourth-order valence-electron chi connectivity index (χ4n) is 1.01. The highest BCUT2D eigenvalue weighted by molar-refractivity contribution is 5.98. The van der Waals surface area contributed by atoms with Crippen molar-refractivity contribution in [2.24, 2.45) is 0 Å². The molecule has 0 aliphatic carbocycles. The average Bonchev–Trinajstić information content (AvgIpc) is 2.19. The summed E-state index contributed by atoms with van der Waals surface area (Å²) in [7, 11) is 0. The SMILES string of the molecule is C=CC(=O)Nc1ccc(F)c(C(F)(F)F)c1. The van der Waals surface area contributed by atoms with Crippen LogP contribution >= 0.6 is 0 Å². The van der Waals surface area contributed by atoms with Crippen LogP contribution < -0.4 is 5.32 Å². The second kappa shape index (κ2) is 4.34. The van der Waals surface area contributed by atoms with Gasteiger partial charge in [0.15, 0.2) is 0 Å². The van der Waals surface area contributed by atoms with E-state index in [1.165, 1.54) is 0 Å². The van der Waals surface area contributed by atoms with E-state index in [1.54, 1.807) is 0 Å². The minimum absolute atomic E-state index is 0.140. The highest BCUT2D eigenvalue weighted by Gasteiger charge is 2.34. The Bertz CT molecular complexity index is 425. The maximum Gasteiger partial charge on any atom is 0.419 e. The van der Waals surface area contributed by atoms with Crippen LogP contribution in [0.5, 0.6) is 0 Å². The van der Waals surface area contributed by atoms with Crippen LogP contribution in [0.15, 0.2) is 30.9 Å². The summed E-state index contributed by atoms with van der Waals surface area (Å²) in [6.45, 7) is 3.14. The lowest BCUT2D eigenvalue weighted by Crippen LogP contribution is -2.11. The monoisotopic (exact) mass is 233 g/mol. The molecule has 16 heavy (non-hydrogen) atoms. The molecule has 1 aromatic rings. The molecule has 1 N–H and O–H groups in total. The smallest absolute Gasteiger partial charge is 0.323 e. The molecule has 0 unspecified atom stereocenters. The predicted molar refractivity (Wildman–Crippen MR) is 50.2 cm³/mol. The van der Waals surface area contributed by atoms with Crippen LogP contribution in [-0.4, -0.2) is 5.91 Å². The summed E-state index contributed by atoms with van der Waals surface area (Å²) >= 11 is 0. The Labute approximate surface area is 88.6 Å². The number of benzene rings is 1. The average molecular weight is 233 g/mol. The predicted octanol–water partition coefficient (Wildman–Crippen LogP) is 2.97. The third kappa shape index (κ3) is 2.82. The van der Waals surface area contributed by atoms with Crippen molar-refractivity contribution in [2.75, 3.05) is 5.32 Å². The lowest BCUT2D eigenvalue weighted by molar-refractivity contribution is -0.140. The Morgan fingerprint density at radius 2 is 2.00 bits per heavy atom. The van der Waals surface area contributed by atoms with Crippen molar-refractivity contribution in [3.8, 4) is 0 Å². The molecule has 0 atom stereocenters. The van der Waals surface area contributed by atoms with E-state index in [-0.39, 0.29) is 5.69 Å². The van der Waals surface area contributed by atoms with Gasteiger partial charge in [0.25, 0.3) is 0 Å². The Kier molecular flexibility index (Phi) is 3.31. The number of alkyl halides is 3. The van der Waals surface area contributed by atoms with Gasteiger partial charge in [0.1, 0.15) is 5.82 Å². The summed E-state index contributed by atoms with van der Waals surface area (Å²) in [6, 6.07) is 2.20. The number of halogens is 4. The molecule has 0 spiro atoms. The van der Waals surface area contributed by atoms with Crippen LogP contribution in [0.4, 0.5) is 23.2 Å². The van der Waals surface area contributed by atoms with Crippen LogP contribution in [0.25, 0.3) is 0 Å². The number of carbonyl (C=O) groups excluding carboxylic acids is 1. The van der Waals surface area contributed by atoms with Crippen LogP contribution in [-0.2, 0) is 11.0 Å². The molecule has 0 aliphatic rings. The molecule has 0 saturated heterocycles. The zero-order valence-electron chi connectivity index (χ0n) is 7.94. The Hall–Kier alpha value is -1.85. The van der Waals surface area contributed by atoms with Crippen LogP contribution in [0.1, 0.15) is 5.56 Å². The fourth-order valence-corrected chi connectivity index (χ4v) is 1.01. The number of hydrogen-bond acceptors (Lipinski definition) is 1. The van der Waals surface area contributed by atoms with E-state index in [0.29, 0.717) is 12.1 Å². The van der Waals surface area contributed by atoms with Crippen molar-refractivity contribution < 1.29 is 22.4 Å². The third-order valence-electron chi connectivity index (χ3n) is 1.72. The quantitative estimate of drug-likeness (QED) is 0.617. The first-order valence-corrected chi connectivity index (χ1v) is 4.15. The molecule has 0 heterocycles. The number of rotatable bonds is 2. The number of hydrogen-bond donors (Lipinski definition) is 1. The molecule has 0 fully saturated rings. The molecule has 1 aromatic carbocycles. The number of nitrogens with one attached hydrogen (secondary N) is 1. The first kappa shape index (κ1) is 12.2. The summed E-state index contributed by atoms with van der Waals surface area (Å²) in [5.74, 6) is -2.05. The van der Waals surface area contributed by atoms with Crippen molar-refractivity contribution in [1.29, 1.82) is 0 Å². The summed E-state index contributed by atoms with van der Waals surface area (Å²) in [5.41, 5.74) is -1.56. The zero-order chi connectivity index (χ0) is 12.3. The molecule has 0 aromatic heterocycles. The lowest BCUT2D eigenvalue weighted by Gasteiger charge is -2.10. The molecule has 6 heteroatoms. The molecule has 0 aliphatic heterocycles. The van der Waals surface area contributed by atoms with E-state index in [9.17, 15) is 22.4 Å². The van der Waals surface area contributed by atoms with Gasteiger partial charge in [0.05, 0.1) is 5.56 Å². The molecule has 2 nitrogen and oxygen atoms in total. The Morgan fingerprint density at radius 1 is 1.38 bits per heavy atom. The third-order valence-corrected chi connectivity index (χ3v) is 1.72. The van der Waals surface area contributed by atoms with E-state index < -0.39 is 23.5 Å². The molecule has 1 amide bonds. The summed E-state index contributed by atoms with van der Waals surface area (Å²) in [6.07, 6.45) is -3.89. The van der Waals surface area contributed by atoms with Gasteiger partial charge in [0.2, 0.25) is 5.91 Å². The highest BCUT2D eigenvalue weighted by Crippen LogP contribution is 2.32. The van der Waals surface area contributed by atoms with Crippen LogP contribution in [0, 0.1) is 5.82 Å². The first-order chi connectivity index (χ1) is 7.34. The number of anilines is 1. The van der Waals surface area contributed by atoms with Gasteiger partial charge >= 0.3 is 6.18 Å². The maximum atomic E-state index is 12.8. The van der Waals surface area contributed by atoms with E-state index in [2.05, 4.69) is 11.9 Å². The lowest BCUT2D eigenvalue weighted by atomic mass is 10.2. The van der Waals surface area contributed by atoms with E-state index in [4.69, 9.17) is 0 Å². The van der Waals surface area contributed by atoms with E-state index >= 15 is 0 Å². The van der Waals surface area contributed by atoms with Gasteiger partial charge in [-0.15, -0.1) is 0 Å². The van der Waals surface area contributed by atoms with Gasteiger partial charge in [-0.1, -0.05) is 6.58 Å². The van der Waals surface area contributed by atoms with Crippen LogP contribution in [0.2, 0.25) is 0 Å². The van der Waals surface area contributed by atoms with Crippen LogP contribution in [0.3, 0.4) is 0 Å². The summed E-state index contributed by atoms with van der Waals surface area (Å²) in [4.78, 5) is 10.8. The second-order valence-electron chi connectivity index (χ2n) is 2.89. The summed E-state index contributed by atoms with van der Waals surface area (Å²) < 4.78 is 49.7. The summed E-state index contributed by atoms with van der Waals surface area (Å²) in [5, 5.41) is 2.11. The van der Waals surface area contributed by atoms with Gasteiger partial charge < -0.3 is 5.32 Å². The van der Waals surface area contributed by atoms with Crippen molar-refractivity contribution in [3.63, 3.8) is 0 Å². The standard InChI is InChI=1S/C10H7F4NO/c1-2-9(16)15-6-3-4-8(11)7(5-6)10(12,13)14/h2-5H,1H2,(H,15,16). The van der Waals surface area contributed by atoms with Gasteiger partial charge in [-0.2, -0.15) is 13.2 Å². The van der Waals surface area contributed by atoms with Gasteiger partial charge in [-0.25, -0.2) is 4.39 Å². The Morgan fingerprint density at radius 3 is 2.50 bits per heavy atom. The first-order valence-electron chi connectivity index (χ1n) is 4.15. The van der Waals surface area contributed by atoms with Crippen molar-refractivity contribution in [1.82, 2.24) is 0 Å². The Balaban J connectivity index is 3.08. The largest absolute Gasteiger partial charge is 0.419 e. The van der Waals surface area contributed by atoms with Gasteiger partial charge in [0, 0.05) is 5.69 Å². The minimum Gasteiger partial charge on any atom is -0.323 e. The number of carbonyl (C=O) groups is 1. The molecule has 0 radical (unpaired) electrons. The van der Waals surface area contributed by atoms with Crippen molar-refractivity contribution in [3.05, 3.63) is 42.2 Å². The van der Waals surface area contributed by atoms with Gasteiger partial charge in [-0.05, 0) is 24.3 Å². The second-order valence-corrected chi connectivity index (χ2v) is 2.89. The van der Waals surface area contributed by atoms with Crippen molar-refractivity contribution >= 4 is 11.6 Å². The van der Waals surface area contributed by atoms with Gasteiger partial charge in [-0.3, -0.25) is 4.79 Å². The molecule has 0 bridgehead atoms. The van der Waals surface area contributed by atoms with E-state index in [1.807, 2.05) is 0 Å². The molecular weight excluding hydrogens is 226 g/mol. The zero-order valence-corrected chi connectivity index (χ0v) is 7.94. The molecule has 1 rings (SSSR count). The topological polar surface area (TPSA) is 29.1 Å². The molecular formula is C10H7F4NO. The van der Waals surface area contributed by atoms with Crippen molar-refractivity contribution in [2.45, 2.75) is 6.18 Å². The normalized spacial score (nSPS) is 11.0. The number of amides is 1.